The Morgan fingerprint density at radius 1 is 1.44 bits per heavy atom. The Morgan fingerprint density at radius 3 is 2.72 bits per heavy atom. The fourth-order valence-corrected chi connectivity index (χ4v) is 2.41. The maximum atomic E-state index is 11.5. The lowest BCUT2D eigenvalue weighted by atomic mass is 10.1. The molecule has 6 heteroatoms. The van der Waals surface area contributed by atoms with Crippen LogP contribution in [0.2, 0.25) is 0 Å². The van der Waals surface area contributed by atoms with Gasteiger partial charge in [0.05, 0.1) is 23.5 Å². The minimum atomic E-state index is -0.605. The molecule has 0 fully saturated rings. The predicted octanol–water partition coefficient (Wildman–Crippen LogP) is 1.40. The summed E-state index contributed by atoms with van der Waals surface area (Å²) in [6, 6.07) is 3.30. The summed E-state index contributed by atoms with van der Waals surface area (Å²) in [5.74, 6) is -1.12. The van der Waals surface area contributed by atoms with Crippen LogP contribution < -0.4 is 10.2 Å². The van der Waals surface area contributed by atoms with E-state index in [1.165, 1.54) is 0 Å². The molecule has 1 aliphatic rings. The van der Waals surface area contributed by atoms with Crippen molar-refractivity contribution in [1.82, 2.24) is 0 Å². The minimum absolute atomic E-state index is 0.0192. The van der Waals surface area contributed by atoms with Gasteiger partial charge >= 0.3 is 0 Å². The van der Waals surface area contributed by atoms with Crippen LogP contribution in [0.3, 0.4) is 0 Å². The molecule has 1 aromatic carbocycles. The second kappa shape index (κ2) is 4.70. The van der Waals surface area contributed by atoms with Crippen molar-refractivity contribution in [2.24, 2.45) is 0 Å². The average molecular weight is 313 g/mol. The number of ketones is 1. The second-order valence-corrected chi connectivity index (χ2v) is 5.13. The summed E-state index contributed by atoms with van der Waals surface area (Å²) >= 11 is 3.38. The number of anilines is 2. The van der Waals surface area contributed by atoms with Crippen LogP contribution in [0.4, 0.5) is 11.4 Å². The third-order valence-electron chi connectivity index (χ3n) is 3.09. The molecule has 1 unspecified atom stereocenters. The molecule has 2 rings (SSSR count). The first-order chi connectivity index (χ1) is 8.45. The lowest BCUT2D eigenvalue weighted by molar-refractivity contribution is -0.112. The van der Waals surface area contributed by atoms with Crippen LogP contribution in [0.25, 0.3) is 0 Å². The van der Waals surface area contributed by atoms with Gasteiger partial charge in [0, 0.05) is 17.6 Å². The third kappa shape index (κ3) is 2.02. The van der Waals surface area contributed by atoms with Crippen LogP contribution in [0.5, 0.6) is 0 Å². The van der Waals surface area contributed by atoms with Crippen molar-refractivity contribution in [3.63, 3.8) is 0 Å². The molecule has 18 heavy (non-hydrogen) atoms. The first-order valence-corrected chi connectivity index (χ1v) is 6.28. The van der Waals surface area contributed by atoms with E-state index in [-0.39, 0.29) is 12.6 Å². The zero-order valence-electron chi connectivity index (χ0n) is 10.0. The highest BCUT2D eigenvalue weighted by Gasteiger charge is 2.29. The van der Waals surface area contributed by atoms with Gasteiger partial charge in [-0.25, -0.2) is 0 Å². The van der Waals surface area contributed by atoms with E-state index in [1.807, 2.05) is 18.9 Å². The SMILES string of the molecule is CC(CO)N(C)c1cc2c(cc1Br)C(=O)C(=O)N2. The van der Waals surface area contributed by atoms with E-state index in [4.69, 9.17) is 5.11 Å². The maximum absolute atomic E-state index is 11.5. The van der Waals surface area contributed by atoms with E-state index >= 15 is 0 Å². The number of Topliss-reactive ketones (excluding diaryl/α,β-unsaturated/α-hetero) is 1. The number of hydrogen-bond acceptors (Lipinski definition) is 4. The van der Waals surface area contributed by atoms with Crippen LogP contribution in [0, 0.1) is 0 Å². The average Bonchev–Trinajstić information content (AvgIpc) is 2.63. The molecular weight excluding hydrogens is 300 g/mol. The summed E-state index contributed by atoms with van der Waals surface area (Å²) in [5.41, 5.74) is 1.70. The van der Waals surface area contributed by atoms with Crippen molar-refractivity contribution in [2.45, 2.75) is 13.0 Å². The Kier molecular flexibility index (Phi) is 3.41. The highest BCUT2D eigenvalue weighted by Crippen LogP contribution is 2.35. The maximum Gasteiger partial charge on any atom is 0.296 e. The Balaban J connectivity index is 2.45. The molecule has 1 atom stereocenters. The number of aliphatic hydroxyl groups is 1. The summed E-state index contributed by atoms with van der Waals surface area (Å²) in [4.78, 5) is 24.7. The number of likely N-dealkylation sites (N-methyl/N-ethyl adjacent to an activating group) is 1. The summed E-state index contributed by atoms with van der Waals surface area (Å²) < 4.78 is 0.717. The minimum Gasteiger partial charge on any atom is -0.394 e. The van der Waals surface area contributed by atoms with Gasteiger partial charge in [0.25, 0.3) is 11.7 Å². The normalized spacial score (nSPS) is 15.3. The standard InChI is InChI=1S/C12H13BrN2O3/c1-6(5-16)15(2)10-4-9-7(3-8(10)13)11(17)12(18)14-9/h3-4,6,16H,5H2,1-2H3,(H,14,17,18). The molecule has 0 aliphatic carbocycles. The van der Waals surface area contributed by atoms with E-state index in [9.17, 15) is 9.59 Å². The van der Waals surface area contributed by atoms with Crippen LogP contribution in [0.15, 0.2) is 16.6 Å². The van der Waals surface area contributed by atoms with Gasteiger partial charge in [0.1, 0.15) is 0 Å². The van der Waals surface area contributed by atoms with Crippen molar-refractivity contribution in [3.05, 3.63) is 22.2 Å². The number of nitrogens with zero attached hydrogens (tertiary/aromatic N) is 1. The van der Waals surface area contributed by atoms with Gasteiger partial charge in [-0.15, -0.1) is 0 Å². The van der Waals surface area contributed by atoms with E-state index < -0.39 is 11.7 Å². The molecule has 0 aromatic heterocycles. The molecule has 1 amide bonds. The number of hydrogen-bond donors (Lipinski definition) is 2. The second-order valence-electron chi connectivity index (χ2n) is 4.27. The molecule has 0 bridgehead atoms. The van der Waals surface area contributed by atoms with E-state index in [1.54, 1.807) is 12.1 Å². The van der Waals surface area contributed by atoms with E-state index in [0.29, 0.717) is 15.7 Å². The summed E-state index contributed by atoms with van der Waals surface area (Å²) in [6.45, 7) is 1.90. The number of halogens is 1. The summed E-state index contributed by atoms with van der Waals surface area (Å²) in [6.07, 6.45) is 0. The summed E-state index contributed by atoms with van der Waals surface area (Å²) in [7, 11) is 1.84. The number of aliphatic hydroxyl groups excluding tert-OH is 1. The molecule has 1 heterocycles. The smallest absolute Gasteiger partial charge is 0.296 e. The first kappa shape index (κ1) is 13.0. The van der Waals surface area contributed by atoms with Gasteiger partial charge < -0.3 is 15.3 Å². The molecule has 0 saturated carbocycles. The molecule has 2 N–H and O–H groups in total. The number of carbonyl (C=O) groups excluding carboxylic acids is 2. The Bertz CT molecular complexity index is 530. The largest absolute Gasteiger partial charge is 0.394 e. The molecule has 1 aromatic rings. The number of amides is 1. The van der Waals surface area contributed by atoms with Crippen LogP contribution in [-0.4, -0.2) is 36.5 Å². The highest BCUT2D eigenvalue weighted by molar-refractivity contribution is 9.10. The highest BCUT2D eigenvalue weighted by atomic mass is 79.9. The van der Waals surface area contributed by atoms with Crippen molar-refractivity contribution < 1.29 is 14.7 Å². The zero-order chi connectivity index (χ0) is 13.4. The monoisotopic (exact) mass is 312 g/mol. The van der Waals surface area contributed by atoms with Crippen molar-refractivity contribution in [3.8, 4) is 0 Å². The third-order valence-corrected chi connectivity index (χ3v) is 3.73. The fourth-order valence-electron chi connectivity index (χ4n) is 1.78. The van der Waals surface area contributed by atoms with E-state index in [0.717, 1.165) is 5.69 Å². The van der Waals surface area contributed by atoms with Crippen LogP contribution in [-0.2, 0) is 4.79 Å². The Morgan fingerprint density at radius 2 is 2.11 bits per heavy atom. The number of nitrogens with one attached hydrogen (secondary N) is 1. The fraction of sp³-hybridized carbons (Fsp3) is 0.333. The molecular formula is C12H13BrN2O3. The number of rotatable bonds is 3. The predicted molar refractivity (Wildman–Crippen MR) is 72.1 cm³/mol. The van der Waals surface area contributed by atoms with Crippen molar-refractivity contribution >= 4 is 39.0 Å². The van der Waals surface area contributed by atoms with Gasteiger partial charge in [-0.1, -0.05) is 0 Å². The van der Waals surface area contributed by atoms with Gasteiger partial charge in [0.2, 0.25) is 0 Å². The molecule has 0 spiro atoms. The number of carbonyl (C=O) groups is 2. The van der Waals surface area contributed by atoms with Gasteiger partial charge in [-0.05, 0) is 35.0 Å². The molecule has 0 saturated heterocycles. The summed E-state index contributed by atoms with van der Waals surface area (Å²) in [5, 5.41) is 11.7. The van der Waals surface area contributed by atoms with Crippen molar-refractivity contribution in [1.29, 1.82) is 0 Å². The topological polar surface area (TPSA) is 69.6 Å². The number of benzene rings is 1. The molecule has 0 radical (unpaired) electrons. The Labute approximate surface area is 113 Å². The lowest BCUT2D eigenvalue weighted by Crippen LogP contribution is -2.32. The Hall–Kier alpha value is -1.40. The molecule has 5 nitrogen and oxygen atoms in total. The molecule has 1 aliphatic heterocycles. The van der Waals surface area contributed by atoms with E-state index in [2.05, 4.69) is 21.2 Å². The zero-order valence-corrected chi connectivity index (χ0v) is 11.6. The van der Waals surface area contributed by atoms with Gasteiger partial charge in [-0.2, -0.15) is 0 Å². The van der Waals surface area contributed by atoms with Gasteiger partial charge in [-0.3, -0.25) is 9.59 Å². The lowest BCUT2D eigenvalue weighted by Gasteiger charge is -2.26. The quantitative estimate of drug-likeness (QED) is 0.828. The van der Waals surface area contributed by atoms with Gasteiger partial charge in [0.15, 0.2) is 0 Å². The van der Waals surface area contributed by atoms with Crippen molar-refractivity contribution in [2.75, 3.05) is 23.9 Å². The first-order valence-electron chi connectivity index (χ1n) is 5.48. The number of fused-ring (bicyclic) bond motifs is 1. The van der Waals surface area contributed by atoms with Crippen LogP contribution in [0.1, 0.15) is 17.3 Å². The van der Waals surface area contributed by atoms with Crippen LogP contribution >= 0.6 is 15.9 Å². The molecule has 96 valence electrons.